The third-order valence-corrected chi connectivity index (χ3v) is 7.26. The van der Waals surface area contributed by atoms with Crippen LogP contribution >= 0.6 is 0 Å². The summed E-state index contributed by atoms with van der Waals surface area (Å²) in [4.78, 5) is 12.9. The van der Waals surface area contributed by atoms with Gasteiger partial charge in [-0.05, 0) is 62.4 Å². The third kappa shape index (κ3) is 5.40. The highest BCUT2D eigenvalue weighted by atomic mass is 32.2. The summed E-state index contributed by atoms with van der Waals surface area (Å²) in [5.74, 6) is 0.285. The molecule has 0 unspecified atom stereocenters. The highest BCUT2D eigenvalue weighted by Crippen LogP contribution is 2.27. The van der Waals surface area contributed by atoms with Gasteiger partial charge in [0.05, 0.1) is 17.4 Å². The monoisotopic (exact) mass is 430 g/mol. The van der Waals surface area contributed by atoms with Gasteiger partial charge in [-0.2, -0.15) is 4.31 Å². The van der Waals surface area contributed by atoms with E-state index in [2.05, 4.69) is 5.32 Å². The molecule has 1 fully saturated rings. The number of carbonyl (C=O) groups excluding carboxylic acids is 1. The Hall–Kier alpha value is -2.38. The molecule has 1 amide bonds. The average molecular weight is 431 g/mol. The van der Waals surface area contributed by atoms with Crippen molar-refractivity contribution in [1.29, 1.82) is 0 Å². The van der Waals surface area contributed by atoms with Crippen LogP contribution in [0.4, 0.5) is 0 Å². The van der Waals surface area contributed by atoms with Crippen molar-refractivity contribution in [3.63, 3.8) is 0 Å². The lowest BCUT2D eigenvalue weighted by Crippen LogP contribution is -2.45. The SMILES string of the molecule is CCOc1ccc(S(=O)(=O)N2CCC[C@H](C(=O)NCCc3ccccc3)C2)cc1C. The normalized spacial score (nSPS) is 17.5. The first-order chi connectivity index (χ1) is 14.4. The van der Waals surface area contributed by atoms with Gasteiger partial charge in [0.2, 0.25) is 15.9 Å². The molecule has 1 N–H and O–H groups in total. The number of hydrogen-bond acceptors (Lipinski definition) is 4. The molecule has 30 heavy (non-hydrogen) atoms. The molecule has 1 saturated heterocycles. The molecule has 2 aromatic rings. The molecule has 0 bridgehead atoms. The minimum Gasteiger partial charge on any atom is -0.494 e. The Morgan fingerprint density at radius 2 is 1.97 bits per heavy atom. The van der Waals surface area contributed by atoms with E-state index in [1.54, 1.807) is 18.2 Å². The Bertz CT molecular complexity index is 960. The molecule has 2 aromatic carbocycles. The van der Waals surface area contributed by atoms with Crippen molar-refractivity contribution < 1.29 is 17.9 Å². The predicted molar refractivity (Wildman–Crippen MR) is 117 cm³/mol. The van der Waals surface area contributed by atoms with Gasteiger partial charge in [0, 0.05) is 19.6 Å². The second-order valence-electron chi connectivity index (χ2n) is 7.59. The minimum absolute atomic E-state index is 0.0753. The van der Waals surface area contributed by atoms with Crippen LogP contribution in [-0.2, 0) is 21.2 Å². The fraction of sp³-hybridized carbons (Fsp3) is 0.435. The molecule has 0 aromatic heterocycles. The summed E-state index contributed by atoms with van der Waals surface area (Å²) >= 11 is 0. The van der Waals surface area contributed by atoms with Crippen molar-refractivity contribution in [2.45, 2.75) is 38.0 Å². The molecule has 0 radical (unpaired) electrons. The van der Waals surface area contributed by atoms with Crippen molar-refractivity contribution in [3.8, 4) is 5.75 Å². The Morgan fingerprint density at radius 1 is 1.20 bits per heavy atom. The number of sulfonamides is 1. The van der Waals surface area contributed by atoms with Crippen LogP contribution in [0, 0.1) is 12.8 Å². The molecule has 7 heteroatoms. The van der Waals surface area contributed by atoms with Crippen molar-refractivity contribution in [1.82, 2.24) is 9.62 Å². The van der Waals surface area contributed by atoms with Gasteiger partial charge in [-0.25, -0.2) is 8.42 Å². The first-order valence-electron chi connectivity index (χ1n) is 10.5. The second-order valence-corrected chi connectivity index (χ2v) is 9.53. The van der Waals surface area contributed by atoms with E-state index in [1.807, 2.05) is 44.2 Å². The Kier molecular flexibility index (Phi) is 7.50. The number of rotatable bonds is 8. The number of ether oxygens (including phenoxy) is 1. The maximum Gasteiger partial charge on any atom is 0.243 e. The maximum atomic E-state index is 13.1. The Morgan fingerprint density at radius 3 is 2.67 bits per heavy atom. The number of piperidine rings is 1. The van der Waals surface area contributed by atoms with Crippen molar-refractivity contribution in [2.75, 3.05) is 26.2 Å². The standard InChI is InChI=1S/C23H30N2O4S/c1-3-29-22-12-11-21(16-18(22)2)30(27,28)25-15-7-10-20(17-25)23(26)24-14-13-19-8-5-4-6-9-19/h4-6,8-9,11-12,16,20H,3,7,10,13-15,17H2,1-2H3,(H,24,26)/t20-/m0/s1. The number of amides is 1. The summed E-state index contributed by atoms with van der Waals surface area (Å²) < 4.78 is 33.2. The van der Waals surface area contributed by atoms with E-state index in [9.17, 15) is 13.2 Å². The molecular formula is C23H30N2O4S. The molecule has 3 rings (SSSR count). The van der Waals surface area contributed by atoms with Gasteiger partial charge >= 0.3 is 0 Å². The van der Waals surface area contributed by atoms with Crippen LogP contribution in [-0.4, -0.2) is 44.9 Å². The Labute approximate surface area is 179 Å². The molecule has 1 atom stereocenters. The minimum atomic E-state index is -3.65. The quantitative estimate of drug-likeness (QED) is 0.698. The van der Waals surface area contributed by atoms with E-state index < -0.39 is 10.0 Å². The lowest BCUT2D eigenvalue weighted by atomic mass is 9.99. The zero-order valence-electron chi connectivity index (χ0n) is 17.6. The molecule has 6 nitrogen and oxygen atoms in total. The molecule has 162 valence electrons. The highest BCUT2D eigenvalue weighted by Gasteiger charge is 2.33. The van der Waals surface area contributed by atoms with Crippen LogP contribution in [0.1, 0.15) is 30.9 Å². The fourth-order valence-corrected chi connectivity index (χ4v) is 5.35. The zero-order chi connectivity index (χ0) is 21.6. The number of aryl methyl sites for hydroxylation is 1. The maximum absolute atomic E-state index is 13.1. The van der Waals surface area contributed by atoms with E-state index in [0.29, 0.717) is 38.3 Å². The first-order valence-corrected chi connectivity index (χ1v) is 11.9. The molecular weight excluding hydrogens is 400 g/mol. The van der Waals surface area contributed by atoms with Crippen LogP contribution in [0.3, 0.4) is 0 Å². The van der Waals surface area contributed by atoms with Crippen molar-refractivity contribution in [3.05, 3.63) is 59.7 Å². The van der Waals surface area contributed by atoms with Gasteiger partial charge < -0.3 is 10.1 Å². The van der Waals surface area contributed by atoms with Crippen molar-refractivity contribution >= 4 is 15.9 Å². The second kappa shape index (κ2) is 10.1. The number of carbonyl (C=O) groups is 1. The molecule has 1 aliphatic heterocycles. The van der Waals surface area contributed by atoms with Crippen LogP contribution in [0.2, 0.25) is 0 Å². The van der Waals surface area contributed by atoms with E-state index in [4.69, 9.17) is 4.74 Å². The highest BCUT2D eigenvalue weighted by molar-refractivity contribution is 7.89. The number of nitrogens with zero attached hydrogens (tertiary/aromatic N) is 1. The first kappa shape index (κ1) is 22.3. The van der Waals surface area contributed by atoms with Crippen LogP contribution in [0.15, 0.2) is 53.4 Å². The third-order valence-electron chi connectivity index (χ3n) is 5.39. The molecule has 0 aliphatic carbocycles. The van der Waals surface area contributed by atoms with Crippen LogP contribution < -0.4 is 10.1 Å². The average Bonchev–Trinajstić information content (AvgIpc) is 2.76. The summed E-state index contributed by atoms with van der Waals surface area (Å²) in [6, 6.07) is 14.9. The Balaban J connectivity index is 1.61. The van der Waals surface area contributed by atoms with Gasteiger partial charge in [-0.15, -0.1) is 0 Å². The summed E-state index contributed by atoms with van der Waals surface area (Å²) in [6.07, 6.45) is 2.13. The zero-order valence-corrected chi connectivity index (χ0v) is 18.5. The summed E-state index contributed by atoms with van der Waals surface area (Å²) in [5, 5.41) is 2.97. The van der Waals surface area contributed by atoms with Gasteiger partial charge in [0.15, 0.2) is 0 Å². The number of nitrogens with one attached hydrogen (secondary N) is 1. The van der Waals surface area contributed by atoms with E-state index >= 15 is 0 Å². The molecule has 1 heterocycles. The molecule has 0 spiro atoms. The predicted octanol–water partition coefficient (Wildman–Crippen LogP) is 3.15. The summed E-state index contributed by atoms with van der Waals surface area (Å²) in [5.41, 5.74) is 1.95. The number of hydrogen-bond donors (Lipinski definition) is 1. The van der Waals surface area contributed by atoms with E-state index in [0.717, 1.165) is 17.5 Å². The topological polar surface area (TPSA) is 75.7 Å². The van der Waals surface area contributed by atoms with Gasteiger partial charge in [-0.3, -0.25) is 4.79 Å². The van der Waals surface area contributed by atoms with Gasteiger partial charge in [-0.1, -0.05) is 30.3 Å². The lowest BCUT2D eigenvalue weighted by Gasteiger charge is -2.31. The fourth-order valence-electron chi connectivity index (χ4n) is 3.74. The van der Waals surface area contributed by atoms with Crippen molar-refractivity contribution in [2.24, 2.45) is 5.92 Å². The molecule has 0 saturated carbocycles. The van der Waals surface area contributed by atoms with Gasteiger partial charge in [0.25, 0.3) is 0 Å². The van der Waals surface area contributed by atoms with E-state index in [-0.39, 0.29) is 23.3 Å². The largest absolute Gasteiger partial charge is 0.494 e. The van der Waals surface area contributed by atoms with Gasteiger partial charge in [0.1, 0.15) is 5.75 Å². The molecule has 1 aliphatic rings. The van der Waals surface area contributed by atoms with Crippen LogP contribution in [0.25, 0.3) is 0 Å². The smallest absolute Gasteiger partial charge is 0.243 e. The lowest BCUT2D eigenvalue weighted by molar-refractivity contribution is -0.126. The number of benzene rings is 2. The summed E-state index contributed by atoms with van der Waals surface area (Å²) in [7, 11) is -3.65. The van der Waals surface area contributed by atoms with Crippen LogP contribution in [0.5, 0.6) is 5.75 Å². The van der Waals surface area contributed by atoms with E-state index in [1.165, 1.54) is 4.31 Å². The summed E-state index contributed by atoms with van der Waals surface area (Å²) in [6.45, 7) is 5.45.